The fourth-order valence-corrected chi connectivity index (χ4v) is 13.2. The maximum absolute atomic E-state index is 7.02. The van der Waals surface area contributed by atoms with Crippen LogP contribution in [0, 0.1) is 0 Å². The first-order valence-electron chi connectivity index (χ1n) is 24.7. The van der Waals surface area contributed by atoms with Gasteiger partial charge in [-0.2, -0.15) is 0 Å². The van der Waals surface area contributed by atoms with Gasteiger partial charge in [0.05, 0.1) is 5.41 Å². The predicted octanol–water partition coefficient (Wildman–Crippen LogP) is 19.4. The minimum Gasteiger partial charge on any atom is -0.455 e. The minimum atomic E-state index is -0.531. The highest BCUT2D eigenvalue weighted by Gasteiger charge is 2.46. The Labute approximate surface area is 420 Å². The summed E-state index contributed by atoms with van der Waals surface area (Å²) < 4.78 is 9.64. The van der Waals surface area contributed by atoms with Crippen molar-refractivity contribution in [2.24, 2.45) is 0 Å². The second kappa shape index (κ2) is 16.0. The van der Waals surface area contributed by atoms with Gasteiger partial charge in [-0.05, 0) is 127 Å². The standard InChI is InChI=1S/C69H43NOS/c1-3-15-49(16-4-1)69(50-17-5-2-6-18-50)62-24-11-9-20-56(62)57-40-38-53(43-63(57)69)70(51-34-28-44(29-35-51)48-33-41-65-61(42-48)58-21-10-12-25-64(58)72-65)52-36-30-46(31-37-52)55-22-13-23-59-60-39-32-47-27-26-45-14-7-8-19-54(45)66(47)68(60)71-67(55)59/h1-43H. The molecule has 0 atom stereocenters. The Hall–Kier alpha value is -9.02. The SMILES string of the molecule is c1ccc(C2(c3ccccc3)c3ccccc3-c3ccc(N(c4ccc(-c5ccc6sc7ccccc7c6c5)cc4)c4ccc(-c5cccc6c5oc5c6ccc6ccc7ccccc7c65)cc4)cc32)cc1. The highest BCUT2D eigenvalue weighted by atomic mass is 32.1. The lowest BCUT2D eigenvalue weighted by Gasteiger charge is -2.35. The van der Waals surface area contributed by atoms with Crippen molar-refractivity contribution in [3.63, 3.8) is 0 Å². The van der Waals surface area contributed by atoms with Gasteiger partial charge in [0.1, 0.15) is 11.2 Å². The van der Waals surface area contributed by atoms with Crippen LogP contribution < -0.4 is 4.90 Å². The van der Waals surface area contributed by atoms with E-state index in [1.807, 2.05) is 11.3 Å². The lowest BCUT2D eigenvalue weighted by molar-refractivity contribution is 0.674. The average molecular weight is 934 g/mol. The topological polar surface area (TPSA) is 16.4 Å². The summed E-state index contributed by atoms with van der Waals surface area (Å²) in [5, 5.41) is 9.61. The van der Waals surface area contributed by atoms with Gasteiger partial charge in [-0.1, -0.05) is 200 Å². The summed E-state index contributed by atoms with van der Waals surface area (Å²) in [5.41, 5.74) is 16.7. The van der Waals surface area contributed by atoms with Crippen LogP contribution in [0.5, 0.6) is 0 Å². The summed E-state index contributed by atoms with van der Waals surface area (Å²) in [7, 11) is 0. The first-order valence-corrected chi connectivity index (χ1v) is 25.5. The number of fused-ring (bicyclic) bond motifs is 13. The normalized spacial score (nSPS) is 12.8. The van der Waals surface area contributed by atoms with Gasteiger partial charge in [0.25, 0.3) is 0 Å². The van der Waals surface area contributed by atoms with Crippen LogP contribution in [-0.2, 0) is 5.41 Å². The molecule has 2 nitrogen and oxygen atoms in total. The number of anilines is 3. The zero-order valence-electron chi connectivity index (χ0n) is 39.1. The molecule has 0 spiro atoms. The number of nitrogens with zero attached hydrogens (tertiary/aromatic N) is 1. The Morgan fingerprint density at radius 2 is 0.889 bits per heavy atom. The molecule has 1 aliphatic rings. The van der Waals surface area contributed by atoms with Crippen molar-refractivity contribution < 1.29 is 4.42 Å². The lowest BCUT2D eigenvalue weighted by Crippen LogP contribution is -2.28. The van der Waals surface area contributed by atoms with E-state index >= 15 is 0 Å². The predicted molar refractivity (Wildman–Crippen MR) is 304 cm³/mol. The van der Waals surface area contributed by atoms with Gasteiger partial charge in [0.2, 0.25) is 0 Å². The van der Waals surface area contributed by atoms with Crippen molar-refractivity contribution >= 4 is 92.1 Å². The second-order valence-electron chi connectivity index (χ2n) is 19.1. The van der Waals surface area contributed by atoms with Crippen LogP contribution >= 0.6 is 11.3 Å². The third-order valence-corrected chi connectivity index (χ3v) is 16.5. The molecule has 0 radical (unpaired) electrons. The molecule has 0 bridgehead atoms. The van der Waals surface area contributed by atoms with Crippen molar-refractivity contribution in [3.8, 4) is 33.4 Å². The second-order valence-corrected chi connectivity index (χ2v) is 20.2. The molecule has 0 aliphatic heterocycles. The summed E-state index contributed by atoms with van der Waals surface area (Å²) in [6, 6.07) is 96.0. The summed E-state index contributed by atoms with van der Waals surface area (Å²) in [6.07, 6.45) is 0. The maximum Gasteiger partial charge on any atom is 0.143 e. The van der Waals surface area contributed by atoms with Crippen molar-refractivity contribution in [2.45, 2.75) is 5.41 Å². The smallest absolute Gasteiger partial charge is 0.143 e. The fraction of sp³-hybridized carbons (Fsp3) is 0.0145. The van der Waals surface area contributed by atoms with E-state index in [1.54, 1.807) is 0 Å². The largest absolute Gasteiger partial charge is 0.455 e. The van der Waals surface area contributed by atoms with Crippen molar-refractivity contribution in [2.75, 3.05) is 4.90 Å². The van der Waals surface area contributed by atoms with Crippen LogP contribution in [-0.4, -0.2) is 0 Å². The molecule has 14 aromatic rings. The summed E-state index contributed by atoms with van der Waals surface area (Å²) >= 11 is 1.86. The zero-order chi connectivity index (χ0) is 47.3. The van der Waals surface area contributed by atoms with E-state index in [0.717, 1.165) is 55.5 Å². The Morgan fingerprint density at radius 1 is 0.319 bits per heavy atom. The molecular formula is C69H43NOS. The van der Waals surface area contributed by atoms with E-state index in [9.17, 15) is 0 Å². The van der Waals surface area contributed by atoms with Crippen molar-refractivity contribution in [3.05, 3.63) is 283 Å². The van der Waals surface area contributed by atoms with Gasteiger partial charge in [0.15, 0.2) is 0 Å². The van der Waals surface area contributed by atoms with Crippen LogP contribution in [0.15, 0.2) is 265 Å². The van der Waals surface area contributed by atoms with Crippen LogP contribution in [0.4, 0.5) is 17.1 Å². The molecule has 0 fully saturated rings. The molecule has 0 saturated heterocycles. The fourth-order valence-electron chi connectivity index (χ4n) is 12.1. The summed E-state index contributed by atoms with van der Waals surface area (Å²) in [5.74, 6) is 0. The van der Waals surface area contributed by atoms with Gasteiger partial charge >= 0.3 is 0 Å². The average Bonchev–Trinajstić information content (AvgIpc) is 4.12. The Balaban J connectivity index is 0.899. The molecule has 3 heteroatoms. The third kappa shape index (κ3) is 6.08. The van der Waals surface area contributed by atoms with E-state index in [-0.39, 0.29) is 0 Å². The maximum atomic E-state index is 7.02. The zero-order valence-corrected chi connectivity index (χ0v) is 39.9. The highest BCUT2D eigenvalue weighted by molar-refractivity contribution is 7.25. The molecule has 0 saturated carbocycles. The molecule has 336 valence electrons. The monoisotopic (exact) mass is 933 g/mol. The number of para-hydroxylation sites is 1. The third-order valence-electron chi connectivity index (χ3n) is 15.3. The molecule has 0 amide bonds. The van der Waals surface area contributed by atoms with Crippen LogP contribution in [0.3, 0.4) is 0 Å². The number of thiophene rings is 1. The van der Waals surface area contributed by atoms with Gasteiger partial charge in [-0.15, -0.1) is 11.3 Å². The Kier molecular flexibility index (Phi) is 9.08. The quantitative estimate of drug-likeness (QED) is 0.148. The number of hydrogen-bond donors (Lipinski definition) is 0. The lowest BCUT2D eigenvalue weighted by atomic mass is 9.67. The van der Waals surface area contributed by atoms with Gasteiger partial charge in [0, 0.05) is 59.0 Å². The van der Waals surface area contributed by atoms with Gasteiger partial charge < -0.3 is 9.32 Å². The molecule has 2 aromatic heterocycles. The molecule has 2 heterocycles. The first-order chi connectivity index (χ1) is 35.7. The molecular weight excluding hydrogens is 891 g/mol. The number of furan rings is 1. The summed E-state index contributed by atoms with van der Waals surface area (Å²) in [6.45, 7) is 0. The Morgan fingerprint density at radius 3 is 1.68 bits per heavy atom. The van der Waals surface area contributed by atoms with E-state index in [4.69, 9.17) is 4.42 Å². The number of hydrogen-bond acceptors (Lipinski definition) is 3. The molecule has 0 unspecified atom stereocenters. The molecule has 1 aliphatic carbocycles. The van der Waals surface area contributed by atoms with Crippen LogP contribution in [0.25, 0.3) is 97.0 Å². The molecule has 15 rings (SSSR count). The minimum absolute atomic E-state index is 0.531. The molecule has 72 heavy (non-hydrogen) atoms. The van der Waals surface area contributed by atoms with E-state index < -0.39 is 5.41 Å². The van der Waals surface area contributed by atoms with Crippen LogP contribution in [0.2, 0.25) is 0 Å². The molecule has 0 N–H and O–H groups in total. The summed E-state index contributed by atoms with van der Waals surface area (Å²) in [4.78, 5) is 2.42. The van der Waals surface area contributed by atoms with Gasteiger partial charge in [-0.3, -0.25) is 0 Å². The Bertz CT molecular complexity index is 4390. The van der Waals surface area contributed by atoms with Crippen LogP contribution in [0.1, 0.15) is 22.3 Å². The number of rotatable bonds is 7. The van der Waals surface area contributed by atoms with Gasteiger partial charge in [-0.25, -0.2) is 0 Å². The number of benzene rings is 12. The van der Waals surface area contributed by atoms with Crippen molar-refractivity contribution in [1.29, 1.82) is 0 Å². The highest BCUT2D eigenvalue weighted by Crippen LogP contribution is 2.57. The van der Waals surface area contributed by atoms with Crippen molar-refractivity contribution in [1.82, 2.24) is 0 Å². The van der Waals surface area contributed by atoms with E-state index in [0.29, 0.717) is 0 Å². The van der Waals surface area contributed by atoms with E-state index in [1.165, 1.54) is 80.8 Å². The van der Waals surface area contributed by atoms with E-state index in [2.05, 4.69) is 266 Å². The molecule has 12 aromatic carbocycles. The first kappa shape index (κ1) is 40.8.